The molecule has 2 aliphatic carbocycles. The van der Waals surface area contributed by atoms with E-state index in [1.165, 1.54) is 24.7 Å². The van der Waals surface area contributed by atoms with E-state index in [0.29, 0.717) is 29.2 Å². The second-order valence-electron chi connectivity index (χ2n) is 10.5. The Labute approximate surface area is 225 Å². The van der Waals surface area contributed by atoms with Crippen molar-refractivity contribution in [3.8, 4) is 16.9 Å². The molecule has 1 aromatic carbocycles. The molecule has 1 N–H and O–H groups in total. The predicted octanol–water partition coefficient (Wildman–Crippen LogP) is 5.69. The molecule has 6 rings (SSSR count). The Morgan fingerprint density at radius 2 is 1.95 bits per heavy atom. The second-order valence-corrected chi connectivity index (χ2v) is 12.7. The van der Waals surface area contributed by atoms with Crippen LogP contribution in [-0.2, 0) is 10.0 Å². The summed E-state index contributed by atoms with van der Waals surface area (Å²) in [5, 5.41) is 0.559. The molecule has 9 heteroatoms. The van der Waals surface area contributed by atoms with Crippen LogP contribution in [0.2, 0.25) is 0 Å². The maximum absolute atomic E-state index is 14.0. The molecule has 0 radical (unpaired) electrons. The molecule has 3 aromatic heterocycles. The van der Waals surface area contributed by atoms with Crippen molar-refractivity contribution in [2.75, 3.05) is 6.61 Å². The van der Waals surface area contributed by atoms with Gasteiger partial charge in [0.15, 0.2) is 0 Å². The number of fused-ring (bicyclic) bond motifs is 1. The van der Waals surface area contributed by atoms with E-state index < -0.39 is 26.3 Å². The van der Waals surface area contributed by atoms with Gasteiger partial charge in [-0.3, -0.25) is 4.79 Å². The molecule has 0 spiro atoms. The van der Waals surface area contributed by atoms with Crippen LogP contribution in [0.25, 0.3) is 27.6 Å². The average molecular weight is 546 g/mol. The zero-order valence-corrected chi connectivity index (χ0v) is 22.5. The highest BCUT2D eigenvalue weighted by molar-refractivity contribution is 7.91. The second kappa shape index (κ2) is 9.34. The van der Waals surface area contributed by atoms with E-state index in [2.05, 4.69) is 9.97 Å². The molecule has 1 atom stereocenters. The summed E-state index contributed by atoms with van der Waals surface area (Å²) in [5.41, 5.74) is 3.59. The number of ether oxygens (including phenoxy) is 1. The molecule has 0 amide bonds. The molecule has 2 aliphatic rings. The molecule has 0 aliphatic heterocycles. The molecular formula is C30H28FN3O4S. The molecule has 1 fully saturated rings. The van der Waals surface area contributed by atoms with Crippen molar-refractivity contribution >= 4 is 26.5 Å². The Kier molecular flexibility index (Phi) is 6.06. The maximum atomic E-state index is 14.0. The highest BCUT2D eigenvalue weighted by Crippen LogP contribution is 2.42. The Morgan fingerprint density at radius 3 is 2.67 bits per heavy atom. The number of rotatable bonds is 7. The van der Waals surface area contributed by atoms with Gasteiger partial charge in [0.05, 0.1) is 6.61 Å². The number of benzene rings is 1. The van der Waals surface area contributed by atoms with E-state index in [1.54, 1.807) is 32.0 Å². The summed E-state index contributed by atoms with van der Waals surface area (Å²) in [6, 6.07) is 12.1. The van der Waals surface area contributed by atoms with Gasteiger partial charge in [-0.1, -0.05) is 18.2 Å². The van der Waals surface area contributed by atoms with Crippen LogP contribution in [0.1, 0.15) is 38.7 Å². The van der Waals surface area contributed by atoms with Crippen molar-refractivity contribution < 1.29 is 17.5 Å². The number of nitrogens with zero attached hydrogens (tertiary/aromatic N) is 2. The monoisotopic (exact) mass is 545 g/mol. The first kappa shape index (κ1) is 25.3. The van der Waals surface area contributed by atoms with Crippen LogP contribution in [-0.4, -0.2) is 33.7 Å². The standard InChI is InChI=1S/C30H28FN3O4S/c1-19-15-23(9-12-30(19,2)39(36,37)34-14-11-21-10-13-32-29(35)28(21)34)25-16-22(24-6-8-27(31)33-17-24)5-7-26(25)38-18-20-3-4-20/h5-11,13-17,20H,3-4,12,18H2,1-2H3,(H,32,35). The van der Waals surface area contributed by atoms with Gasteiger partial charge in [-0.05, 0) is 92.1 Å². The lowest BCUT2D eigenvalue weighted by atomic mass is 9.86. The fourth-order valence-corrected chi connectivity index (χ4v) is 6.84. The van der Waals surface area contributed by atoms with E-state index in [4.69, 9.17) is 4.74 Å². The quantitative estimate of drug-likeness (QED) is 0.301. The fourth-order valence-electron chi connectivity index (χ4n) is 4.99. The number of aromatic nitrogens is 3. The van der Waals surface area contributed by atoms with Gasteiger partial charge in [-0.15, -0.1) is 0 Å². The third-order valence-electron chi connectivity index (χ3n) is 7.84. The van der Waals surface area contributed by atoms with Crippen molar-refractivity contribution in [1.82, 2.24) is 13.9 Å². The maximum Gasteiger partial charge on any atom is 0.273 e. The van der Waals surface area contributed by atoms with Crippen molar-refractivity contribution in [1.29, 1.82) is 0 Å². The van der Waals surface area contributed by atoms with Crippen molar-refractivity contribution in [2.24, 2.45) is 5.92 Å². The minimum atomic E-state index is -3.99. The summed E-state index contributed by atoms with van der Waals surface area (Å²) >= 11 is 0. The number of nitrogens with one attached hydrogen (secondary N) is 1. The van der Waals surface area contributed by atoms with Gasteiger partial charge in [0, 0.05) is 35.1 Å². The number of halogens is 1. The Bertz CT molecular complexity index is 1810. The van der Waals surface area contributed by atoms with Crippen LogP contribution in [0.4, 0.5) is 4.39 Å². The van der Waals surface area contributed by atoms with Crippen molar-refractivity contribution in [3.05, 3.63) is 101 Å². The minimum absolute atomic E-state index is 0.109. The van der Waals surface area contributed by atoms with Crippen molar-refractivity contribution in [2.45, 2.75) is 37.9 Å². The summed E-state index contributed by atoms with van der Waals surface area (Å²) in [6.07, 6.45) is 10.7. The van der Waals surface area contributed by atoms with E-state index in [9.17, 15) is 17.6 Å². The van der Waals surface area contributed by atoms with E-state index in [1.807, 2.05) is 30.4 Å². The van der Waals surface area contributed by atoms with E-state index in [0.717, 1.165) is 39.1 Å². The van der Waals surface area contributed by atoms with Crippen LogP contribution < -0.4 is 10.3 Å². The lowest BCUT2D eigenvalue weighted by molar-refractivity contribution is 0.299. The Morgan fingerprint density at radius 1 is 1.15 bits per heavy atom. The molecule has 39 heavy (non-hydrogen) atoms. The molecule has 4 aromatic rings. The zero-order chi connectivity index (χ0) is 27.4. The minimum Gasteiger partial charge on any atom is -0.493 e. The van der Waals surface area contributed by atoms with Gasteiger partial charge < -0.3 is 9.72 Å². The summed E-state index contributed by atoms with van der Waals surface area (Å²) in [5.74, 6) is 0.727. The molecule has 7 nitrogen and oxygen atoms in total. The molecule has 0 bridgehead atoms. The smallest absolute Gasteiger partial charge is 0.273 e. The van der Waals surface area contributed by atoms with Gasteiger partial charge in [0.2, 0.25) is 16.0 Å². The number of pyridine rings is 2. The topological polar surface area (TPSA) is 94.0 Å². The van der Waals surface area contributed by atoms with Crippen LogP contribution in [0, 0.1) is 11.9 Å². The third kappa shape index (κ3) is 4.40. The van der Waals surface area contributed by atoms with E-state index in [-0.39, 0.29) is 11.9 Å². The van der Waals surface area contributed by atoms with Crippen LogP contribution in [0.15, 0.2) is 83.6 Å². The Hall–Kier alpha value is -3.98. The van der Waals surface area contributed by atoms with E-state index >= 15 is 0 Å². The average Bonchev–Trinajstić information content (AvgIpc) is 3.65. The number of H-pyrrole nitrogens is 1. The van der Waals surface area contributed by atoms with Gasteiger partial charge in [-0.25, -0.2) is 17.4 Å². The lowest BCUT2D eigenvalue weighted by Gasteiger charge is -2.33. The summed E-state index contributed by atoms with van der Waals surface area (Å²) in [6.45, 7) is 4.12. The fraction of sp³-hybridized carbons (Fsp3) is 0.267. The first-order chi connectivity index (χ1) is 18.7. The SMILES string of the molecule is CC1=CC(c2cc(-c3ccc(F)nc3)ccc2OCC2CC2)=CCC1(C)S(=O)(=O)n1ccc2cc[nH]c(=O)c21. The van der Waals surface area contributed by atoms with Gasteiger partial charge >= 0.3 is 0 Å². The Balaban J connectivity index is 1.39. The molecule has 0 saturated heterocycles. The largest absolute Gasteiger partial charge is 0.493 e. The molecule has 1 unspecified atom stereocenters. The zero-order valence-electron chi connectivity index (χ0n) is 21.6. The van der Waals surface area contributed by atoms with Gasteiger partial charge in [0.1, 0.15) is 16.0 Å². The normalized spacial score (nSPS) is 19.6. The number of allylic oxidation sites excluding steroid dienone is 3. The number of hydrogen-bond acceptors (Lipinski definition) is 5. The number of hydrogen-bond donors (Lipinski definition) is 1. The first-order valence-electron chi connectivity index (χ1n) is 12.9. The summed E-state index contributed by atoms with van der Waals surface area (Å²) < 4.78 is 47.4. The van der Waals surface area contributed by atoms with Crippen molar-refractivity contribution in [3.63, 3.8) is 0 Å². The third-order valence-corrected chi connectivity index (χ3v) is 10.3. The van der Waals surface area contributed by atoms with Gasteiger partial charge in [-0.2, -0.15) is 4.39 Å². The summed E-state index contributed by atoms with van der Waals surface area (Å²) in [7, 11) is -3.99. The highest BCUT2D eigenvalue weighted by Gasteiger charge is 2.43. The molecule has 3 heterocycles. The predicted molar refractivity (Wildman–Crippen MR) is 149 cm³/mol. The summed E-state index contributed by atoms with van der Waals surface area (Å²) in [4.78, 5) is 18.9. The number of aromatic amines is 1. The lowest BCUT2D eigenvalue weighted by Crippen LogP contribution is -2.41. The molecular weight excluding hydrogens is 517 g/mol. The van der Waals surface area contributed by atoms with Gasteiger partial charge in [0.25, 0.3) is 5.56 Å². The van der Waals surface area contributed by atoms with Crippen LogP contribution >= 0.6 is 0 Å². The molecule has 200 valence electrons. The first-order valence-corrected chi connectivity index (χ1v) is 14.3. The van der Waals surface area contributed by atoms with Crippen LogP contribution in [0.3, 0.4) is 0 Å². The molecule has 1 saturated carbocycles. The highest BCUT2D eigenvalue weighted by atomic mass is 32.2. The van der Waals surface area contributed by atoms with Crippen LogP contribution in [0.5, 0.6) is 5.75 Å².